The first-order chi connectivity index (χ1) is 12.5. The molecule has 0 bridgehead atoms. The van der Waals surface area contributed by atoms with E-state index >= 15 is 0 Å². The number of aryl methyl sites for hydroxylation is 1. The largest absolute Gasteiger partial charge is 0.494 e. The highest BCUT2D eigenvalue weighted by atomic mass is 16.5. The van der Waals surface area contributed by atoms with E-state index in [-0.39, 0.29) is 6.61 Å². The molecule has 2 rings (SSSR count). The Morgan fingerprint density at radius 1 is 1.15 bits per heavy atom. The van der Waals surface area contributed by atoms with Gasteiger partial charge in [0.2, 0.25) is 0 Å². The van der Waals surface area contributed by atoms with Crippen molar-refractivity contribution in [3.63, 3.8) is 0 Å². The zero-order chi connectivity index (χ0) is 18.8. The molecule has 3 heteroatoms. The third-order valence-corrected chi connectivity index (χ3v) is 5.76. The third kappa shape index (κ3) is 7.67. The Balaban J connectivity index is 1.66. The maximum atomic E-state index is 9.72. The van der Waals surface area contributed by atoms with E-state index < -0.39 is 5.54 Å². The second kappa shape index (κ2) is 10.9. The van der Waals surface area contributed by atoms with Crippen molar-refractivity contribution in [1.82, 2.24) is 0 Å². The van der Waals surface area contributed by atoms with Crippen LogP contribution in [0.4, 0.5) is 0 Å². The summed E-state index contributed by atoms with van der Waals surface area (Å²) in [6, 6.07) is 8.39. The van der Waals surface area contributed by atoms with Gasteiger partial charge in [0.1, 0.15) is 5.75 Å². The molecule has 0 aromatic heterocycles. The molecule has 0 saturated heterocycles. The van der Waals surface area contributed by atoms with Gasteiger partial charge in [-0.3, -0.25) is 0 Å². The summed E-state index contributed by atoms with van der Waals surface area (Å²) in [6.45, 7) is 5.44. The highest BCUT2D eigenvalue weighted by molar-refractivity contribution is 5.27. The average molecular weight is 362 g/mol. The molecule has 1 saturated carbocycles. The van der Waals surface area contributed by atoms with Crippen molar-refractivity contribution in [1.29, 1.82) is 0 Å². The summed E-state index contributed by atoms with van der Waals surface area (Å²) in [5.41, 5.74) is 7.28. The van der Waals surface area contributed by atoms with E-state index in [1.807, 2.05) is 0 Å². The Bertz CT molecular complexity index is 495. The SMILES string of the molecule is CC(C)CCCCCOc1ccc(CCC(N)(CO)CC2CCC2)cc1. The summed E-state index contributed by atoms with van der Waals surface area (Å²) in [7, 11) is 0. The molecule has 0 radical (unpaired) electrons. The van der Waals surface area contributed by atoms with Crippen LogP contribution in [0, 0.1) is 11.8 Å². The van der Waals surface area contributed by atoms with Gasteiger partial charge in [-0.2, -0.15) is 0 Å². The molecule has 0 amide bonds. The fourth-order valence-corrected chi connectivity index (χ4v) is 3.68. The minimum Gasteiger partial charge on any atom is -0.494 e. The number of ether oxygens (including phenoxy) is 1. The molecule has 1 fully saturated rings. The number of aliphatic hydroxyl groups is 1. The van der Waals surface area contributed by atoms with Crippen molar-refractivity contribution >= 4 is 0 Å². The molecule has 3 nitrogen and oxygen atoms in total. The lowest BCUT2D eigenvalue weighted by atomic mass is 9.75. The molecule has 26 heavy (non-hydrogen) atoms. The maximum absolute atomic E-state index is 9.72. The highest BCUT2D eigenvalue weighted by Crippen LogP contribution is 2.34. The Labute approximate surface area is 160 Å². The summed E-state index contributed by atoms with van der Waals surface area (Å²) in [6.07, 6.45) is 11.6. The first kappa shape index (κ1) is 21.2. The van der Waals surface area contributed by atoms with Gasteiger partial charge >= 0.3 is 0 Å². The molecular weight excluding hydrogens is 322 g/mol. The van der Waals surface area contributed by atoms with Gasteiger partial charge < -0.3 is 15.6 Å². The van der Waals surface area contributed by atoms with Crippen LogP contribution in [0.3, 0.4) is 0 Å². The lowest BCUT2D eigenvalue weighted by Gasteiger charge is -2.35. The van der Waals surface area contributed by atoms with Gasteiger partial charge in [-0.25, -0.2) is 0 Å². The smallest absolute Gasteiger partial charge is 0.119 e. The number of nitrogens with two attached hydrogens (primary N) is 1. The zero-order valence-corrected chi connectivity index (χ0v) is 16.9. The summed E-state index contributed by atoms with van der Waals surface area (Å²) >= 11 is 0. The van der Waals surface area contributed by atoms with Gasteiger partial charge in [0, 0.05) is 5.54 Å². The zero-order valence-electron chi connectivity index (χ0n) is 16.9. The van der Waals surface area contributed by atoms with Crippen LogP contribution in [0.2, 0.25) is 0 Å². The van der Waals surface area contributed by atoms with E-state index in [4.69, 9.17) is 10.5 Å². The van der Waals surface area contributed by atoms with Crippen molar-refractivity contribution in [2.24, 2.45) is 17.6 Å². The van der Waals surface area contributed by atoms with E-state index in [1.54, 1.807) is 0 Å². The van der Waals surface area contributed by atoms with Crippen LogP contribution in [-0.2, 0) is 6.42 Å². The Morgan fingerprint density at radius 3 is 2.46 bits per heavy atom. The number of hydrogen-bond acceptors (Lipinski definition) is 3. The molecule has 1 aliphatic rings. The second-order valence-electron chi connectivity index (χ2n) is 8.76. The van der Waals surface area contributed by atoms with Crippen LogP contribution in [0.25, 0.3) is 0 Å². The Kier molecular flexibility index (Phi) is 8.94. The van der Waals surface area contributed by atoms with Crippen LogP contribution in [0.15, 0.2) is 24.3 Å². The molecule has 0 spiro atoms. The third-order valence-electron chi connectivity index (χ3n) is 5.76. The Hall–Kier alpha value is -1.06. The topological polar surface area (TPSA) is 55.5 Å². The lowest BCUT2D eigenvalue weighted by molar-refractivity contribution is 0.135. The molecule has 0 aliphatic heterocycles. The normalized spacial score (nSPS) is 17.1. The predicted molar refractivity (Wildman–Crippen MR) is 110 cm³/mol. The first-order valence-electron chi connectivity index (χ1n) is 10.6. The molecule has 3 N–H and O–H groups in total. The van der Waals surface area contributed by atoms with E-state index in [0.717, 1.165) is 49.9 Å². The summed E-state index contributed by atoms with van der Waals surface area (Å²) in [4.78, 5) is 0. The molecular formula is C23H39NO2. The van der Waals surface area contributed by atoms with Gasteiger partial charge in [-0.15, -0.1) is 0 Å². The van der Waals surface area contributed by atoms with Crippen LogP contribution < -0.4 is 10.5 Å². The van der Waals surface area contributed by atoms with Gasteiger partial charge in [-0.1, -0.05) is 64.5 Å². The van der Waals surface area contributed by atoms with Crippen molar-refractivity contribution in [3.8, 4) is 5.75 Å². The second-order valence-corrected chi connectivity index (χ2v) is 8.76. The minimum atomic E-state index is -0.420. The van der Waals surface area contributed by atoms with Crippen LogP contribution in [0.1, 0.15) is 77.2 Å². The molecule has 1 unspecified atom stereocenters. The first-order valence-corrected chi connectivity index (χ1v) is 10.6. The number of aliphatic hydroxyl groups excluding tert-OH is 1. The lowest BCUT2D eigenvalue weighted by Crippen LogP contribution is -2.46. The molecule has 1 aliphatic carbocycles. The van der Waals surface area contributed by atoms with Gasteiger partial charge in [0.05, 0.1) is 13.2 Å². The number of unbranched alkanes of at least 4 members (excludes halogenated alkanes) is 2. The van der Waals surface area contributed by atoms with E-state index in [2.05, 4.69) is 38.1 Å². The van der Waals surface area contributed by atoms with Crippen molar-refractivity contribution < 1.29 is 9.84 Å². The summed E-state index contributed by atoms with van der Waals surface area (Å²) < 4.78 is 5.84. The van der Waals surface area contributed by atoms with Gasteiger partial charge in [-0.05, 0) is 55.2 Å². The fraction of sp³-hybridized carbons (Fsp3) is 0.739. The van der Waals surface area contributed by atoms with Crippen LogP contribution in [0.5, 0.6) is 5.75 Å². The molecule has 0 heterocycles. The summed E-state index contributed by atoms with van der Waals surface area (Å²) in [5, 5.41) is 9.72. The van der Waals surface area contributed by atoms with E-state index in [1.165, 1.54) is 44.1 Å². The maximum Gasteiger partial charge on any atom is 0.119 e. The molecule has 1 atom stereocenters. The molecule has 148 valence electrons. The standard InChI is InChI=1S/C23H39NO2/c1-19(2)7-4-3-5-16-26-22-12-10-20(11-13-22)14-15-23(24,18-25)17-21-8-6-9-21/h10-13,19,21,25H,3-9,14-18,24H2,1-2H3. The van der Waals surface area contributed by atoms with Crippen molar-refractivity contribution in [2.45, 2.75) is 83.6 Å². The highest BCUT2D eigenvalue weighted by Gasteiger charge is 2.30. The van der Waals surface area contributed by atoms with Crippen molar-refractivity contribution in [2.75, 3.05) is 13.2 Å². The van der Waals surface area contributed by atoms with Gasteiger partial charge in [0.25, 0.3) is 0 Å². The molecule has 1 aromatic carbocycles. The minimum absolute atomic E-state index is 0.0848. The fourth-order valence-electron chi connectivity index (χ4n) is 3.68. The number of benzene rings is 1. The van der Waals surface area contributed by atoms with Crippen LogP contribution in [-0.4, -0.2) is 23.9 Å². The van der Waals surface area contributed by atoms with E-state index in [9.17, 15) is 5.11 Å². The predicted octanol–water partition coefficient (Wildman–Crippen LogP) is 5.09. The Morgan fingerprint density at radius 2 is 1.88 bits per heavy atom. The van der Waals surface area contributed by atoms with E-state index in [0.29, 0.717) is 0 Å². The quantitative estimate of drug-likeness (QED) is 0.481. The monoisotopic (exact) mass is 361 g/mol. The number of rotatable bonds is 13. The average Bonchev–Trinajstić information content (AvgIpc) is 2.60. The van der Waals surface area contributed by atoms with Crippen LogP contribution >= 0.6 is 0 Å². The van der Waals surface area contributed by atoms with Gasteiger partial charge in [0.15, 0.2) is 0 Å². The summed E-state index contributed by atoms with van der Waals surface area (Å²) in [5.74, 6) is 2.48. The molecule has 1 aromatic rings. The number of hydrogen-bond donors (Lipinski definition) is 2. The van der Waals surface area contributed by atoms with Crippen molar-refractivity contribution in [3.05, 3.63) is 29.8 Å².